The summed E-state index contributed by atoms with van der Waals surface area (Å²) in [6.07, 6.45) is 0. The third-order valence-corrected chi connectivity index (χ3v) is 3.68. The molecule has 0 aliphatic carbocycles. The Kier molecular flexibility index (Phi) is 4.16. The van der Waals surface area contributed by atoms with E-state index < -0.39 is 0 Å². The van der Waals surface area contributed by atoms with E-state index in [4.69, 9.17) is 0 Å². The molecule has 0 unspecified atom stereocenters. The van der Waals surface area contributed by atoms with Crippen molar-refractivity contribution in [1.82, 2.24) is 9.88 Å². The van der Waals surface area contributed by atoms with Gasteiger partial charge in [-0.3, -0.25) is 4.79 Å². The smallest absolute Gasteiger partial charge is 0.241 e. The monoisotopic (exact) mass is 275 g/mol. The lowest BCUT2D eigenvalue weighted by molar-refractivity contribution is -0.126. The minimum Gasteiger partial charge on any atom is -0.376 e. The average Bonchev–Trinajstić information content (AvgIpc) is 2.83. The molecule has 0 fully saturated rings. The van der Waals surface area contributed by atoms with Crippen LogP contribution in [-0.2, 0) is 4.79 Å². The standard InChI is InChI=1S/C14H17N3OS/c1-10-9-19-14(16-10)11-5-4-6-12(7-11)15-8-13(18)17(2)3/h4-7,9,15H,8H2,1-3H3. The molecule has 1 heterocycles. The van der Waals surface area contributed by atoms with Crippen LogP contribution < -0.4 is 5.32 Å². The topological polar surface area (TPSA) is 45.2 Å². The number of hydrogen-bond donors (Lipinski definition) is 1. The molecule has 0 spiro atoms. The van der Waals surface area contributed by atoms with Crippen molar-refractivity contribution in [1.29, 1.82) is 0 Å². The highest BCUT2D eigenvalue weighted by Crippen LogP contribution is 2.25. The van der Waals surface area contributed by atoms with Crippen LogP contribution in [-0.4, -0.2) is 36.4 Å². The van der Waals surface area contributed by atoms with Crippen molar-refractivity contribution in [3.05, 3.63) is 35.3 Å². The molecular weight excluding hydrogens is 258 g/mol. The Hall–Kier alpha value is -1.88. The van der Waals surface area contributed by atoms with Crippen LogP contribution >= 0.6 is 11.3 Å². The third kappa shape index (κ3) is 3.54. The number of thiazole rings is 1. The van der Waals surface area contributed by atoms with E-state index >= 15 is 0 Å². The molecule has 19 heavy (non-hydrogen) atoms. The fourth-order valence-corrected chi connectivity index (χ4v) is 2.38. The zero-order valence-corrected chi connectivity index (χ0v) is 12.1. The lowest BCUT2D eigenvalue weighted by Gasteiger charge is -2.12. The van der Waals surface area contributed by atoms with Crippen LogP contribution in [0.5, 0.6) is 0 Å². The van der Waals surface area contributed by atoms with Gasteiger partial charge < -0.3 is 10.2 Å². The second-order valence-electron chi connectivity index (χ2n) is 4.52. The first kappa shape index (κ1) is 13.5. The third-order valence-electron chi connectivity index (χ3n) is 2.67. The van der Waals surface area contributed by atoms with E-state index in [2.05, 4.69) is 10.3 Å². The second kappa shape index (κ2) is 5.84. The van der Waals surface area contributed by atoms with Gasteiger partial charge in [0.2, 0.25) is 5.91 Å². The zero-order chi connectivity index (χ0) is 13.8. The molecule has 0 atom stereocenters. The van der Waals surface area contributed by atoms with Gasteiger partial charge in [0.05, 0.1) is 6.54 Å². The van der Waals surface area contributed by atoms with Crippen molar-refractivity contribution in [2.45, 2.75) is 6.92 Å². The Morgan fingerprint density at radius 1 is 1.42 bits per heavy atom. The number of hydrogen-bond acceptors (Lipinski definition) is 4. The Bertz CT molecular complexity index is 578. The van der Waals surface area contributed by atoms with E-state index in [1.807, 2.05) is 36.6 Å². The van der Waals surface area contributed by atoms with Crippen molar-refractivity contribution in [3.8, 4) is 10.6 Å². The van der Waals surface area contributed by atoms with Crippen LogP contribution in [0.4, 0.5) is 5.69 Å². The van der Waals surface area contributed by atoms with Gasteiger partial charge in [0, 0.05) is 36.4 Å². The number of carbonyl (C=O) groups is 1. The van der Waals surface area contributed by atoms with E-state index in [0.717, 1.165) is 22.0 Å². The fraction of sp³-hybridized carbons (Fsp3) is 0.286. The van der Waals surface area contributed by atoms with E-state index in [0.29, 0.717) is 6.54 Å². The first-order valence-corrected chi connectivity index (χ1v) is 6.91. The van der Waals surface area contributed by atoms with E-state index in [9.17, 15) is 4.79 Å². The van der Waals surface area contributed by atoms with E-state index in [1.165, 1.54) is 0 Å². The molecule has 100 valence electrons. The maximum atomic E-state index is 11.5. The molecule has 4 nitrogen and oxygen atoms in total. The van der Waals surface area contributed by atoms with E-state index in [1.54, 1.807) is 30.3 Å². The molecule has 1 amide bonds. The Labute approximate surface area is 117 Å². The van der Waals surface area contributed by atoms with Gasteiger partial charge in [-0.1, -0.05) is 12.1 Å². The number of likely N-dealkylation sites (N-methyl/N-ethyl adjacent to an activating group) is 1. The van der Waals surface area contributed by atoms with Crippen LogP contribution in [0.15, 0.2) is 29.6 Å². The molecule has 0 aliphatic heterocycles. The number of benzene rings is 1. The van der Waals surface area contributed by atoms with Crippen molar-refractivity contribution >= 4 is 22.9 Å². The van der Waals surface area contributed by atoms with Gasteiger partial charge in [-0.05, 0) is 19.1 Å². The SMILES string of the molecule is Cc1csc(-c2cccc(NCC(=O)N(C)C)c2)n1. The predicted octanol–water partition coefficient (Wildman–Crippen LogP) is 2.62. The van der Waals surface area contributed by atoms with Crippen LogP contribution in [0.2, 0.25) is 0 Å². The van der Waals surface area contributed by atoms with E-state index in [-0.39, 0.29) is 5.91 Å². The van der Waals surface area contributed by atoms with Crippen LogP contribution in [0, 0.1) is 6.92 Å². The van der Waals surface area contributed by atoms with Gasteiger partial charge in [-0.25, -0.2) is 4.98 Å². The van der Waals surface area contributed by atoms with Gasteiger partial charge >= 0.3 is 0 Å². The highest BCUT2D eigenvalue weighted by molar-refractivity contribution is 7.13. The van der Waals surface area contributed by atoms with Gasteiger partial charge in [0.15, 0.2) is 0 Å². The lowest BCUT2D eigenvalue weighted by Crippen LogP contribution is -2.28. The van der Waals surface area contributed by atoms with Crippen LogP contribution in [0.1, 0.15) is 5.69 Å². The van der Waals surface area contributed by atoms with Crippen LogP contribution in [0.3, 0.4) is 0 Å². The van der Waals surface area contributed by atoms with Gasteiger partial charge in [0.1, 0.15) is 5.01 Å². The second-order valence-corrected chi connectivity index (χ2v) is 5.37. The Balaban J connectivity index is 2.09. The number of amides is 1. The maximum absolute atomic E-state index is 11.5. The highest BCUT2D eigenvalue weighted by atomic mass is 32.1. The van der Waals surface area contributed by atoms with Crippen molar-refractivity contribution in [2.75, 3.05) is 26.0 Å². The number of aromatic nitrogens is 1. The molecule has 5 heteroatoms. The number of nitrogens with one attached hydrogen (secondary N) is 1. The summed E-state index contributed by atoms with van der Waals surface area (Å²) < 4.78 is 0. The summed E-state index contributed by atoms with van der Waals surface area (Å²) >= 11 is 1.63. The van der Waals surface area contributed by atoms with Crippen molar-refractivity contribution in [2.24, 2.45) is 0 Å². The molecule has 1 aromatic heterocycles. The molecule has 1 N–H and O–H groups in total. The van der Waals surface area contributed by atoms with Gasteiger partial charge in [-0.2, -0.15) is 0 Å². The summed E-state index contributed by atoms with van der Waals surface area (Å²) in [5, 5.41) is 6.16. The summed E-state index contributed by atoms with van der Waals surface area (Å²) in [5.74, 6) is 0.0514. The highest BCUT2D eigenvalue weighted by Gasteiger charge is 2.05. The number of aryl methyl sites for hydroxylation is 1. The summed E-state index contributed by atoms with van der Waals surface area (Å²) in [7, 11) is 3.50. The summed E-state index contributed by atoms with van der Waals surface area (Å²) in [4.78, 5) is 17.6. The van der Waals surface area contributed by atoms with Crippen LogP contribution in [0.25, 0.3) is 10.6 Å². The molecule has 0 bridgehead atoms. The summed E-state index contributed by atoms with van der Waals surface area (Å²) in [6, 6.07) is 7.96. The molecule has 2 aromatic rings. The molecule has 0 saturated heterocycles. The molecule has 0 radical (unpaired) electrons. The number of nitrogens with zero attached hydrogens (tertiary/aromatic N) is 2. The zero-order valence-electron chi connectivity index (χ0n) is 11.3. The number of rotatable bonds is 4. The van der Waals surface area contributed by atoms with Gasteiger partial charge in [0.25, 0.3) is 0 Å². The minimum absolute atomic E-state index is 0.0514. The number of anilines is 1. The molecule has 0 saturated carbocycles. The minimum atomic E-state index is 0.0514. The average molecular weight is 275 g/mol. The molecule has 1 aromatic carbocycles. The maximum Gasteiger partial charge on any atom is 0.241 e. The normalized spacial score (nSPS) is 10.3. The largest absolute Gasteiger partial charge is 0.376 e. The Morgan fingerprint density at radius 2 is 2.21 bits per heavy atom. The van der Waals surface area contributed by atoms with Gasteiger partial charge in [-0.15, -0.1) is 11.3 Å². The summed E-state index contributed by atoms with van der Waals surface area (Å²) in [5.41, 5.74) is 3.03. The van der Waals surface area contributed by atoms with Crippen molar-refractivity contribution < 1.29 is 4.79 Å². The molecule has 2 rings (SSSR count). The predicted molar refractivity (Wildman–Crippen MR) is 79.5 cm³/mol. The first-order valence-electron chi connectivity index (χ1n) is 6.03. The first-order chi connectivity index (χ1) is 9.06. The lowest BCUT2D eigenvalue weighted by atomic mass is 10.2. The number of carbonyl (C=O) groups excluding carboxylic acids is 1. The van der Waals surface area contributed by atoms with Crippen molar-refractivity contribution in [3.63, 3.8) is 0 Å². The fourth-order valence-electron chi connectivity index (χ4n) is 1.58. The molecule has 0 aliphatic rings. The molecular formula is C14H17N3OS. The Morgan fingerprint density at radius 3 is 2.84 bits per heavy atom. The quantitative estimate of drug-likeness (QED) is 0.933. The summed E-state index contributed by atoms with van der Waals surface area (Å²) in [6.45, 7) is 2.28.